The van der Waals surface area contributed by atoms with Gasteiger partial charge >= 0.3 is 0 Å². The van der Waals surface area contributed by atoms with Crippen molar-refractivity contribution in [2.45, 2.75) is 52.4 Å². The summed E-state index contributed by atoms with van der Waals surface area (Å²) in [7, 11) is 0. The molecule has 0 saturated heterocycles. The third-order valence-corrected chi connectivity index (χ3v) is 3.52. The van der Waals surface area contributed by atoms with Crippen LogP contribution in [0.1, 0.15) is 52.4 Å². The monoisotopic (exact) mass is 152 g/mol. The van der Waals surface area contributed by atoms with Gasteiger partial charge in [0, 0.05) is 0 Å². The molecule has 1 aliphatic carbocycles. The largest absolute Gasteiger partial charge is 0.0999 e. The highest BCUT2D eigenvalue weighted by Crippen LogP contribution is 2.43. The highest BCUT2D eigenvalue weighted by atomic mass is 14.3. The minimum atomic E-state index is 0.682. The fourth-order valence-corrected chi connectivity index (χ4v) is 2.09. The molecule has 11 heavy (non-hydrogen) atoms. The van der Waals surface area contributed by atoms with Gasteiger partial charge in [0.15, 0.2) is 0 Å². The fraction of sp³-hybridized carbons (Fsp3) is 0.818. The van der Waals surface area contributed by atoms with E-state index >= 15 is 0 Å². The van der Waals surface area contributed by atoms with E-state index in [1.54, 1.807) is 0 Å². The molecule has 1 aliphatic rings. The number of rotatable bonds is 2. The summed E-state index contributed by atoms with van der Waals surface area (Å²) in [6.45, 7) is 8.71. The predicted molar refractivity (Wildman–Crippen MR) is 50.6 cm³/mol. The highest BCUT2D eigenvalue weighted by Gasteiger charge is 2.28. The normalized spacial score (nSPS) is 23.6. The maximum atomic E-state index is 4.05. The van der Waals surface area contributed by atoms with E-state index < -0.39 is 0 Å². The van der Waals surface area contributed by atoms with Crippen LogP contribution in [0, 0.1) is 5.41 Å². The second-order valence-corrected chi connectivity index (χ2v) is 3.96. The molecule has 64 valence electrons. The molecule has 0 aromatic rings. The first-order valence-electron chi connectivity index (χ1n) is 4.89. The lowest BCUT2D eigenvalue weighted by molar-refractivity contribution is 0.197. The van der Waals surface area contributed by atoms with Crippen molar-refractivity contribution in [3.63, 3.8) is 0 Å². The molecule has 0 amide bonds. The van der Waals surface area contributed by atoms with Gasteiger partial charge in [-0.05, 0) is 31.1 Å². The smallest absolute Gasteiger partial charge is 0.0297 e. The Hall–Kier alpha value is -0.260. The van der Waals surface area contributed by atoms with Crippen LogP contribution in [0.4, 0.5) is 0 Å². The number of hydrogen-bond acceptors (Lipinski definition) is 0. The number of allylic oxidation sites excluding steroid dienone is 1. The molecule has 0 aromatic heterocycles. The van der Waals surface area contributed by atoms with E-state index in [0.29, 0.717) is 5.41 Å². The molecule has 0 nitrogen and oxygen atoms in total. The SMILES string of the molecule is C=C1CCC(CC)(CC)CC1. The van der Waals surface area contributed by atoms with Gasteiger partial charge in [0.05, 0.1) is 0 Å². The molecule has 0 aliphatic heterocycles. The summed E-state index contributed by atoms with van der Waals surface area (Å²) in [4.78, 5) is 0. The first kappa shape index (κ1) is 8.83. The molecule has 0 N–H and O–H groups in total. The van der Waals surface area contributed by atoms with Gasteiger partial charge in [-0.15, -0.1) is 0 Å². The highest BCUT2D eigenvalue weighted by molar-refractivity contribution is 5.01. The molecular weight excluding hydrogens is 132 g/mol. The minimum absolute atomic E-state index is 0.682. The molecule has 0 heteroatoms. The zero-order chi connectivity index (χ0) is 8.32. The van der Waals surface area contributed by atoms with Gasteiger partial charge in [-0.2, -0.15) is 0 Å². The Labute approximate surface area is 70.7 Å². The van der Waals surface area contributed by atoms with Crippen LogP contribution in [0.5, 0.6) is 0 Å². The van der Waals surface area contributed by atoms with Crippen LogP contribution in [0.2, 0.25) is 0 Å². The van der Waals surface area contributed by atoms with E-state index in [2.05, 4.69) is 20.4 Å². The molecule has 0 bridgehead atoms. The van der Waals surface area contributed by atoms with Crippen molar-refractivity contribution in [1.82, 2.24) is 0 Å². The predicted octanol–water partition coefficient (Wildman–Crippen LogP) is 3.92. The Morgan fingerprint density at radius 1 is 1.18 bits per heavy atom. The van der Waals surface area contributed by atoms with Crippen molar-refractivity contribution in [2.75, 3.05) is 0 Å². The summed E-state index contributed by atoms with van der Waals surface area (Å²) >= 11 is 0. The van der Waals surface area contributed by atoms with E-state index in [0.717, 1.165) is 0 Å². The molecule has 1 rings (SSSR count). The lowest BCUT2D eigenvalue weighted by Gasteiger charge is -2.36. The zero-order valence-electron chi connectivity index (χ0n) is 7.95. The fourth-order valence-electron chi connectivity index (χ4n) is 2.09. The van der Waals surface area contributed by atoms with Gasteiger partial charge in [0.2, 0.25) is 0 Å². The van der Waals surface area contributed by atoms with Crippen LogP contribution in [0.15, 0.2) is 12.2 Å². The third-order valence-electron chi connectivity index (χ3n) is 3.52. The van der Waals surface area contributed by atoms with Crippen molar-refractivity contribution < 1.29 is 0 Å². The molecule has 1 fully saturated rings. The molecule has 0 radical (unpaired) electrons. The maximum Gasteiger partial charge on any atom is -0.0297 e. The molecule has 1 saturated carbocycles. The molecule has 0 atom stereocenters. The molecule has 0 aromatic carbocycles. The molecular formula is C11H20. The van der Waals surface area contributed by atoms with E-state index in [1.165, 1.54) is 44.1 Å². The van der Waals surface area contributed by atoms with Crippen molar-refractivity contribution in [1.29, 1.82) is 0 Å². The Morgan fingerprint density at radius 2 is 1.64 bits per heavy atom. The first-order chi connectivity index (χ1) is 5.22. The Bertz CT molecular complexity index is 128. The second-order valence-electron chi connectivity index (χ2n) is 3.96. The summed E-state index contributed by atoms with van der Waals surface area (Å²) in [5, 5.41) is 0. The van der Waals surface area contributed by atoms with Gasteiger partial charge in [0.1, 0.15) is 0 Å². The van der Waals surface area contributed by atoms with Gasteiger partial charge < -0.3 is 0 Å². The zero-order valence-corrected chi connectivity index (χ0v) is 7.95. The van der Waals surface area contributed by atoms with Crippen molar-refractivity contribution in [3.8, 4) is 0 Å². The van der Waals surface area contributed by atoms with Gasteiger partial charge in [0.25, 0.3) is 0 Å². The molecule has 0 heterocycles. The van der Waals surface area contributed by atoms with Crippen LogP contribution >= 0.6 is 0 Å². The first-order valence-corrected chi connectivity index (χ1v) is 4.89. The third kappa shape index (κ3) is 1.85. The van der Waals surface area contributed by atoms with Crippen molar-refractivity contribution in [2.24, 2.45) is 5.41 Å². The van der Waals surface area contributed by atoms with Crippen LogP contribution in [-0.2, 0) is 0 Å². The summed E-state index contributed by atoms with van der Waals surface area (Å²) in [6, 6.07) is 0. The Balaban J connectivity index is 2.52. The van der Waals surface area contributed by atoms with Gasteiger partial charge in [-0.3, -0.25) is 0 Å². The van der Waals surface area contributed by atoms with Crippen LogP contribution in [-0.4, -0.2) is 0 Å². The van der Waals surface area contributed by atoms with Crippen molar-refractivity contribution >= 4 is 0 Å². The van der Waals surface area contributed by atoms with E-state index in [1.807, 2.05) is 0 Å². The van der Waals surface area contributed by atoms with Crippen LogP contribution in [0.25, 0.3) is 0 Å². The Kier molecular flexibility index (Phi) is 2.75. The summed E-state index contributed by atoms with van der Waals surface area (Å²) in [5.41, 5.74) is 2.16. The van der Waals surface area contributed by atoms with Gasteiger partial charge in [-0.1, -0.05) is 38.8 Å². The quantitative estimate of drug-likeness (QED) is 0.526. The molecule has 0 unspecified atom stereocenters. The number of hydrogen-bond donors (Lipinski definition) is 0. The standard InChI is InChI=1S/C11H20/c1-4-11(5-2)8-6-10(3)7-9-11/h3-9H2,1-2H3. The lowest BCUT2D eigenvalue weighted by atomic mass is 9.69. The summed E-state index contributed by atoms with van der Waals surface area (Å²) < 4.78 is 0. The van der Waals surface area contributed by atoms with E-state index in [-0.39, 0.29) is 0 Å². The summed E-state index contributed by atoms with van der Waals surface area (Å²) in [6.07, 6.45) is 8.05. The maximum absolute atomic E-state index is 4.05. The second kappa shape index (κ2) is 3.42. The van der Waals surface area contributed by atoms with E-state index in [4.69, 9.17) is 0 Å². The topological polar surface area (TPSA) is 0 Å². The summed E-state index contributed by atoms with van der Waals surface area (Å²) in [5.74, 6) is 0. The lowest BCUT2D eigenvalue weighted by Crippen LogP contribution is -2.22. The van der Waals surface area contributed by atoms with Crippen LogP contribution < -0.4 is 0 Å². The Morgan fingerprint density at radius 3 is 2.00 bits per heavy atom. The van der Waals surface area contributed by atoms with Crippen molar-refractivity contribution in [3.05, 3.63) is 12.2 Å². The minimum Gasteiger partial charge on any atom is -0.0999 e. The van der Waals surface area contributed by atoms with Gasteiger partial charge in [-0.25, -0.2) is 0 Å². The average Bonchev–Trinajstić information content (AvgIpc) is 2.07. The van der Waals surface area contributed by atoms with E-state index in [9.17, 15) is 0 Å². The molecule has 0 spiro atoms. The van der Waals surface area contributed by atoms with Crippen LogP contribution in [0.3, 0.4) is 0 Å². The average molecular weight is 152 g/mol.